The maximum Gasteiger partial charge on any atom is 0.251 e. The summed E-state index contributed by atoms with van der Waals surface area (Å²) in [7, 11) is 3.81. The Bertz CT molecular complexity index is 1220. The number of nitrogens with one attached hydrogen (secondary N) is 1. The van der Waals surface area contributed by atoms with Crippen molar-refractivity contribution in [3.8, 4) is 16.8 Å². The number of benzene rings is 2. The molecule has 0 fully saturated rings. The third kappa shape index (κ3) is 4.49. The van der Waals surface area contributed by atoms with Gasteiger partial charge in [0.25, 0.3) is 5.91 Å². The zero-order valence-corrected chi connectivity index (χ0v) is 18.5. The molecule has 0 aliphatic carbocycles. The third-order valence-corrected chi connectivity index (χ3v) is 5.11. The summed E-state index contributed by atoms with van der Waals surface area (Å²) >= 11 is 0. The van der Waals surface area contributed by atoms with Crippen LogP contribution in [0.1, 0.15) is 34.6 Å². The Morgan fingerprint density at radius 2 is 1.81 bits per heavy atom. The fourth-order valence-electron chi connectivity index (χ4n) is 3.39. The van der Waals surface area contributed by atoms with Gasteiger partial charge in [0, 0.05) is 32.1 Å². The van der Waals surface area contributed by atoms with Crippen LogP contribution in [0.25, 0.3) is 16.8 Å². The van der Waals surface area contributed by atoms with Gasteiger partial charge < -0.3 is 10.2 Å². The SMILES string of the molecule is Cc1ccc(-c2cc(C(=O)NC(C)c3cnccn3)cc(-n3ncnc3N(C)C)c2)cc1. The minimum Gasteiger partial charge on any atom is -0.347 e. The van der Waals surface area contributed by atoms with E-state index < -0.39 is 0 Å². The number of carbonyl (C=O) groups is 1. The number of carbonyl (C=O) groups excluding carboxylic acids is 1. The molecule has 8 heteroatoms. The molecular formula is C24H25N7O. The van der Waals surface area contributed by atoms with E-state index in [4.69, 9.17) is 0 Å². The van der Waals surface area contributed by atoms with Crippen LogP contribution in [0.5, 0.6) is 0 Å². The zero-order chi connectivity index (χ0) is 22.7. The highest BCUT2D eigenvalue weighted by Crippen LogP contribution is 2.26. The third-order valence-electron chi connectivity index (χ3n) is 5.11. The summed E-state index contributed by atoms with van der Waals surface area (Å²) in [5.41, 5.74) is 5.07. The molecule has 4 rings (SSSR count). The molecule has 32 heavy (non-hydrogen) atoms. The van der Waals surface area contributed by atoms with E-state index in [1.807, 2.05) is 63.2 Å². The molecule has 0 saturated carbocycles. The monoisotopic (exact) mass is 427 g/mol. The Kier molecular flexibility index (Phi) is 5.93. The zero-order valence-electron chi connectivity index (χ0n) is 18.5. The van der Waals surface area contributed by atoms with Gasteiger partial charge in [0.1, 0.15) is 6.33 Å². The lowest BCUT2D eigenvalue weighted by Gasteiger charge is -2.17. The first-order chi connectivity index (χ1) is 15.4. The van der Waals surface area contributed by atoms with Gasteiger partial charge in [0.2, 0.25) is 5.95 Å². The van der Waals surface area contributed by atoms with Gasteiger partial charge in [-0.15, -0.1) is 0 Å². The highest BCUT2D eigenvalue weighted by molar-refractivity contribution is 5.96. The smallest absolute Gasteiger partial charge is 0.251 e. The fraction of sp³-hybridized carbons (Fsp3) is 0.208. The van der Waals surface area contributed by atoms with Crippen molar-refractivity contribution in [2.45, 2.75) is 19.9 Å². The molecule has 0 aliphatic heterocycles. The maximum absolute atomic E-state index is 13.2. The maximum atomic E-state index is 13.2. The van der Waals surface area contributed by atoms with Gasteiger partial charge in [-0.1, -0.05) is 29.8 Å². The number of amides is 1. The molecule has 0 saturated heterocycles. The first-order valence-electron chi connectivity index (χ1n) is 10.3. The molecule has 4 aromatic rings. The van der Waals surface area contributed by atoms with Gasteiger partial charge >= 0.3 is 0 Å². The van der Waals surface area contributed by atoms with Gasteiger partial charge in [-0.2, -0.15) is 14.8 Å². The van der Waals surface area contributed by atoms with E-state index in [0.29, 0.717) is 17.2 Å². The largest absolute Gasteiger partial charge is 0.347 e. The van der Waals surface area contributed by atoms with Gasteiger partial charge in [-0.05, 0) is 43.2 Å². The van der Waals surface area contributed by atoms with Gasteiger partial charge in [-0.3, -0.25) is 14.8 Å². The van der Waals surface area contributed by atoms with Crippen LogP contribution in [0.2, 0.25) is 0 Å². The number of rotatable bonds is 6. The highest BCUT2D eigenvalue weighted by atomic mass is 16.1. The van der Waals surface area contributed by atoms with E-state index in [0.717, 1.165) is 16.8 Å². The lowest BCUT2D eigenvalue weighted by molar-refractivity contribution is 0.0939. The second kappa shape index (κ2) is 8.97. The van der Waals surface area contributed by atoms with Crippen molar-refractivity contribution in [3.63, 3.8) is 0 Å². The van der Waals surface area contributed by atoms with Crippen LogP contribution in [0.3, 0.4) is 0 Å². The Balaban J connectivity index is 1.75. The van der Waals surface area contributed by atoms with Crippen molar-refractivity contribution >= 4 is 11.9 Å². The molecule has 1 atom stereocenters. The Labute approximate surface area is 187 Å². The van der Waals surface area contributed by atoms with Crippen molar-refractivity contribution < 1.29 is 4.79 Å². The number of hydrogen-bond acceptors (Lipinski definition) is 6. The molecule has 1 N–H and O–H groups in total. The van der Waals surface area contributed by atoms with Gasteiger partial charge in [0.15, 0.2) is 0 Å². The van der Waals surface area contributed by atoms with Crippen molar-refractivity contribution in [2.75, 3.05) is 19.0 Å². The summed E-state index contributed by atoms with van der Waals surface area (Å²) in [6.45, 7) is 3.93. The minimum atomic E-state index is -0.286. The lowest BCUT2D eigenvalue weighted by atomic mass is 10.0. The first kappa shape index (κ1) is 21.2. The summed E-state index contributed by atoms with van der Waals surface area (Å²) in [5.74, 6) is 0.468. The highest BCUT2D eigenvalue weighted by Gasteiger charge is 2.17. The molecule has 1 amide bonds. The number of aryl methyl sites for hydroxylation is 1. The Morgan fingerprint density at radius 1 is 1.03 bits per heavy atom. The fourth-order valence-corrected chi connectivity index (χ4v) is 3.39. The molecule has 8 nitrogen and oxygen atoms in total. The Morgan fingerprint density at radius 3 is 2.50 bits per heavy atom. The number of hydrogen-bond donors (Lipinski definition) is 1. The first-order valence-corrected chi connectivity index (χ1v) is 10.3. The molecule has 0 aliphatic rings. The van der Waals surface area contributed by atoms with Crippen LogP contribution in [-0.2, 0) is 0 Å². The lowest BCUT2D eigenvalue weighted by Crippen LogP contribution is -2.27. The van der Waals surface area contributed by atoms with E-state index in [-0.39, 0.29) is 11.9 Å². The molecule has 1 unspecified atom stereocenters. The normalized spacial score (nSPS) is 11.8. The van der Waals surface area contributed by atoms with Crippen molar-refractivity contribution in [3.05, 3.63) is 84.2 Å². The molecular weight excluding hydrogens is 402 g/mol. The number of aromatic nitrogens is 5. The summed E-state index contributed by atoms with van der Waals surface area (Å²) in [5, 5.41) is 7.39. The second-order valence-electron chi connectivity index (χ2n) is 7.83. The minimum absolute atomic E-state index is 0.204. The molecule has 0 radical (unpaired) electrons. The molecule has 0 spiro atoms. The van der Waals surface area contributed by atoms with Crippen LogP contribution in [-0.4, -0.2) is 44.7 Å². The molecule has 2 aromatic heterocycles. The van der Waals surface area contributed by atoms with E-state index in [1.54, 1.807) is 23.3 Å². The van der Waals surface area contributed by atoms with Crippen molar-refractivity contribution in [1.82, 2.24) is 30.0 Å². The van der Waals surface area contributed by atoms with E-state index >= 15 is 0 Å². The van der Waals surface area contributed by atoms with Gasteiger partial charge in [0.05, 0.1) is 23.6 Å². The number of anilines is 1. The average Bonchev–Trinajstić information content (AvgIpc) is 3.30. The predicted molar refractivity (Wildman–Crippen MR) is 124 cm³/mol. The summed E-state index contributed by atoms with van der Waals surface area (Å²) in [4.78, 5) is 27.8. The van der Waals surface area contributed by atoms with Crippen LogP contribution in [0.15, 0.2) is 67.4 Å². The average molecular weight is 428 g/mol. The van der Waals surface area contributed by atoms with E-state index in [1.165, 1.54) is 11.9 Å². The van der Waals surface area contributed by atoms with E-state index in [9.17, 15) is 4.79 Å². The molecule has 2 heterocycles. The molecule has 2 aromatic carbocycles. The predicted octanol–water partition coefficient (Wildman–Crippen LogP) is 3.59. The quantitative estimate of drug-likeness (QED) is 0.506. The molecule has 0 bridgehead atoms. The van der Waals surface area contributed by atoms with Crippen LogP contribution in [0, 0.1) is 6.92 Å². The van der Waals surface area contributed by atoms with E-state index in [2.05, 4.69) is 37.5 Å². The number of nitrogens with zero attached hydrogens (tertiary/aromatic N) is 6. The summed E-state index contributed by atoms with van der Waals surface area (Å²) in [6, 6.07) is 13.6. The standard InChI is InChI=1S/C24H25N7O/c1-16-5-7-18(8-6-16)19-11-20(23(32)29-17(2)22-14-25-9-10-26-22)13-21(12-19)31-24(30(3)4)27-15-28-31/h5-15,17H,1-4H3,(H,29,32). The van der Waals surface area contributed by atoms with Crippen LogP contribution < -0.4 is 10.2 Å². The van der Waals surface area contributed by atoms with Gasteiger partial charge in [-0.25, -0.2) is 0 Å². The second-order valence-corrected chi connectivity index (χ2v) is 7.83. The summed E-state index contributed by atoms with van der Waals surface area (Å²) < 4.78 is 1.72. The topological polar surface area (TPSA) is 88.8 Å². The summed E-state index contributed by atoms with van der Waals surface area (Å²) in [6.07, 6.45) is 6.37. The van der Waals surface area contributed by atoms with Crippen molar-refractivity contribution in [1.29, 1.82) is 0 Å². The molecule has 162 valence electrons. The Hall–Kier alpha value is -4.07. The van der Waals surface area contributed by atoms with Crippen LogP contribution in [0.4, 0.5) is 5.95 Å². The van der Waals surface area contributed by atoms with Crippen molar-refractivity contribution in [2.24, 2.45) is 0 Å². The van der Waals surface area contributed by atoms with Crippen LogP contribution >= 0.6 is 0 Å².